The highest BCUT2D eigenvalue weighted by atomic mass is 19.1. The molecule has 0 aliphatic heterocycles. The van der Waals surface area contributed by atoms with Crippen LogP contribution < -0.4 is 10.6 Å². The van der Waals surface area contributed by atoms with Gasteiger partial charge in [-0.25, -0.2) is 18.7 Å². The molecule has 0 radical (unpaired) electrons. The Morgan fingerprint density at radius 3 is 2.57 bits per heavy atom. The van der Waals surface area contributed by atoms with Crippen LogP contribution in [0.5, 0.6) is 0 Å². The normalized spacial score (nSPS) is 11.4. The summed E-state index contributed by atoms with van der Waals surface area (Å²) in [4.78, 5) is 32.8. The number of carbonyl (C=O) groups excluding carboxylic acids is 2. The number of fused-ring (bicyclic) bond motifs is 1. The minimum Gasteiger partial charge on any atom is -0.444 e. The van der Waals surface area contributed by atoms with Crippen LogP contribution in [0.25, 0.3) is 5.78 Å². The number of nitrogens with zero attached hydrogens (tertiary/aromatic N) is 4. The van der Waals surface area contributed by atoms with Crippen molar-refractivity contribution in [3.05, 3.63) is 47.3 Å². The van der Waals surface area contributed by atoms with Crippen molar-refractivity contribution in [3.8, 4) is 0 Å². The Balaban J connectivity index is 1.69. The second kappa shape index (κ2) is 8.05. The molecule has 2 heterocycles. The van der Waals surface area contributed by atoms with Gasteiger partial charge in [0.05, 0.1) is 12.1 Å². The van der Waals surface area contributed by atoms with Gasteiger partial charge in [0, 0.05) is 17.1 Å². The predicted octanol–water partition coefficient (Wildman–Crippen LogP) is 3.41. The molecular weight excluding hydrogens is 391 g/mol. The number of aromatic nitrogens is 4. The number of halogens is 1. The lowest BCUT2D eigenvalue weighted by Gasteiger charge is -2.20. The van der Waals surface area contributed by atoms with Crippen LogP contribution in [0, 0.1) is 19.7 Å². The van der Waals surface area contributed by atoms with Crippen LogP contribution >= 0.6 is 0 Å². The van der Waals surface area contributed by atoms with E-state index in [2.05, 4.69) is 25.7 Å². The number of benzene rings is 1. The van der Waals surface area contributed by atoms with E-state index in [1.807, 2.05) is 19.9 Å². The number of nitrogens with one attached hydrogen (secondary N) is 2. The molecule has 9 nitrogen and oxygen atoms in total. The van der Waals surface area contributed by atoms with Crippen LogP contribution in [0.2, 0.25) is 0 Å². The minimum atomic E-state index is -0.794. The highest BCUT2D eigenvalue weighted by Crippen LogP contribution is 2.21. The monoisotopic (exact) mass is 414 g/mol. The molecule has 2 amide bonds. The van der Waals surface area contributed by atoms with Crippen LogP contribution in [0.4, 0.5) is 20.6 Å². The number of aryl methyl sites for hydroxylation is 2. The molecule has 2 aromatic heterocycles. The van der Waals surface area contributed by atoms with Crippen molar-refractivity contribution in [2.24, 2.45) is 0 Å². The van der Waals surface area contributed by atoms with Gasteiger partial charge in [-0.3, -0.25) is 10.1 Å². The number of hydrogen-bond donors (Lipinski definition) is 2. The van der Waals surface area contributed by atoms with Crippen LogP contribution in [0.3, 0.4) is 0 Å². The fraction of sp³-hybridized carbons (Fsp3) is 0.350. The van der Waals surface area contributed by atoms with E-state index in [4.69, 9.17) is 4.74 Å². The zero-order valence-corrected chi connectivity index (χ0v) is 17.4. The molecule has 10 heteroatoms. The Morgan fingerprint density at radius 2 is 1.87 bits per heavy atom. The van der Waals surface area contributed by atoms with Gasteiger partial charge >= 0.3 is 6.09 Å². The lowest BCUT2D eigenvalue weighted by atomic mass is 10.2. The van der Waals surface area contributed by atoms with E-state index in [9.17, 15) is 14.0 Å². The first-order chi connectivity index (χ1) is 14.0. The summed E-state index contributed by atoms with van der Waals surface area (Å²) < 4.78 is 20.7. The summed E-state index contributed by atoms with van der Waals surface area (Å²) in [7, 11) is 0. The first-order valence-electron chi connectivity index (χ1n) is 9.29. The number of rotatable bonds is 4. The fourth-order valence-corrected chi connectivity index (χ4v) is 2.74. The van der Waals surface area contributed by atoms with Crippen LogP contribution in [0.15, 0.2) is 24.3 Å². The topological polar surface area (TPSA) is 111 Å². The van der Waals surface area contributed by atoms with Gasteiger partial charge in [0.25, 0.3) is 5.78 Å². The molecule has 30 heavy (non-hydrogen) atoms. The maximum atomic E-state index is 14.0. The highest BCUT2D eigenvalue weighted by molar-refractivity contribution is 5.93. The number of ether oxygens (including phenoxy) is 1. The zero-order chi connectivity index (χ0) is 22.1. The van der Waals surface area contributed by atoms with Gasteiger partial charge < -0.3 is 10.1 Å². The average Bonchev–Trinajstić information content (AvgIpc) is 2.98. The van der Waals surface area contributed by atoms with E-state index < -0.39 is 23.4 Å². The van der Waals surface area contributed by atoms with Crippen molar-refractivity contribution < 1.29 is 18.7 Å². The number of hydrogen-bond acceptors (Lipinski definition) is 6. The van der Waals surface area contributed by atoms with Gasteiger partial charge in [-0.2, -0.15) is 4.98 Å². The molecule has 0 aliphatic carbocycles. The molecule has 0 aliphatic rings. The third-order valence-electron chi connectivity index (χ3n) is 3.87. The quantitative estimate of drug-likeness (QED) is 0.677. The van der Waals surface area contributed by atoms with Gasteiger partial charge in [0.2, 0.25) is 5.91 Å². The van der Waals surface area contributed by atoms with E-state index in [-0.39, 0.29) is 12.1 Å². The van der Waals surface area contributed by atoms with Crippen molar-refractivity contribution in [1.29, 1.82) is 0 Å². The molecule has 0 saturated heterocycles. The Kier molecular flexibility index (Phi) is 5.68. The standard InChI is InChI=1S/C20H23FN6O3/c1-11-8-12(2)27-18(22-11)25-16(26-27)10-17(28)23-13-6-7-14(21)15(9-13)24-19(29)30-20(3,4)5/h6-9H,10H2,1-5H3,(H,23,28)(H,24,29). The first kappa shape index (κ1) is 21.2. The van der Waals surface area contributed by atoms with Crippen molar-refractivity contribution in [3.63, 3.8) is 0 Å². The third kappa shape index (κ3) is 5.28. The van der Waals surface area contributed by atoms with Crippen molar-refractivity contribution in [2.45, 2.75) is 46.6 Å². The molecule has 0 spiro atoms. The van der Waals surface area contributed by atoms with E-state index in [0.717, 1.165) is 17.5 Å². The van der Waals surface area contributed by atoms with E-state index in [1.54, 1.807) is 25.3 Å². The van der Waals surface area contributed by atoms with Crippen LogP contribution in [0.1, 0.15) is 38.0 Å². The summed E-state index contributed by atoms with van der Waals surface area (Å²) in [6.45, 7) is 8.82. The largest absolute Gasteiger partial charge is 0.444 e. The Labute approximate surface area is 172 Å². The number of anilines is 2. The summed E-state index contributed by atoms with van der Waals surface area (Å²) in [5.74, 6) is -0.322. The second-order valence-electron chi connectivity index (χ2n) is 7.83. The van der Waals surface area contributed by atoms with Gasteiger partial charge in [0.1, 0.15) is 11.4 Å². The molecule has 2 N–H and O–H groups in total. The van der Waals surface area contributed by atoms with Gasteiger partial charge in [-0.1, -0.05) is 0 Å². The van der Waals surface area contributed by atoms with E-state index >= 15 is 0 Å². The van der Waals surface area contributed by atoms with Crippen LogP contribution in [-0.4, -0.2) is 37.2 Å². The molecule has 3 aromatic rings. The lowest BCUT2D eigenvalue weighted by Crippen LogP contribution is -2.27. The summed E-state index contributed by atoms with van der Waals surface area (Å²) in [5, 5.41) is 9.27. The van der Waals surface area contributed by atoms with Gasteiger partial charge in [-0.05, 0) is 58.9 Å². The summed E-state index contributed by atoms with van der Waals surface area (Å²) in [6, 6.07) is 5.70. The van der Waals surface area contributed by atoms with E-state index in [1.165, 1.54) is 12.1 Å². The van der Waals surface area contributed by atoms with E-state index in [0.29, 0.717) is 17.3 Å². The molecular formula is C20H23FN6O3. The maximum Gasteiger partial charge on any atom is 0.412 e. The van der Waals surface area contributed by atoms with Gasteiger partial charge in [0.15, 0.2) is 5.82 Å². The molecule has 3 rings (SSSR count). The molecule has 0 atom stereocenters. The minimum absolute atomic E-state index is 0.0892. The summed E-state index contributed by atoms with van der Waals surface area (Å²) in [5.41, 5.74) is 1.14. The molecule has 1 aromatic carbocycles. The van der Waals surface area contributed by atoms with Crippen LogP contribution in [-0.2, 0) is 16.0 Å². The molecule has 0 bridgehead atoms. The fourth-order valence-electron chi connectivity index (χ4n) is 2.74. The zero-order valence-electron chi connectivity index (χ0n) is 17.4. The summed E-state index contributed by atoms with van der Waals surface area (Å²) >= 11 is 0. The van der Waals surface area contributed by atoms with Crippen molar-refractivity contribution in [2.75, 3.05) is 10.6 Å². The SMILES string of the molecule is Cc1cc(C)n2nc(CC(=O)Nc3ccc(F)c(NC(=O)OC(C)(C)C)c3)nc2n1. The molecule has 0 fully saturated rings. The molecule has 0 unspecified atom stereocenters. The highest BCUT2D eigenvalue weighted by Gasteiger charge is 2.18. The Hall–Kier alpha value is -3.56. The smallest absolute Gasteiger partial charge is 0.412 e. The molecule has 158 valence electrons. The predicted molar refractivity (Wildman–Crippen MR) is 109 cm³/mol. The Morgan fingerprint density at radius 1 is 1.13 bits per heavy atom. The van der Waals surface area contributed by atoms with Crippen molar-refractivity contribution >= 4 is 29.2 Å². The summed E-state index contributed by atoms with van der Waals surface area (Å²) in [6.07, 6.45) is -0.884. The lowest BCUT2D eigenvalue weighted by molar-refractivity contribution is -0.115. The maximum absolute atomic E-state index is 14.0. The number of amides is 2. The van der Waals surface area contributed by atoms with Gasteiger partial charge in [-0.15, -0.1) is 5.10 Å². The molecule has 0 saturated carbocycles. The number of carbonyl (C=O) groups is 2. The van der Waals surface area contributed by atoms with Crippen molar-refractivity contribution in [1.82, 2.24) is 19.6 Å². The third-order valence-corrected chi connectivity index (χ3v) is 3.87. The Bertz CT molecular complexity index is 1120. The second-order valence-corrected chi connectivity index (χ2v) is 7.83. The first-order valence-corrected chi connectivity index (χ1v) is 9.29. The average molecular weight is 414 g/mol.